The minimum Gasteiger partial charge on any atom is -0.308 e. The van der Waals surface area contributed by atoms with Crippen LogP contribution in [0.4, 0.5) is 0 Å². The van der Waals surface area contributed by atoms with Crippen molar-refractivity contribution in [2.75, 3.05) is 0 Å². The third kappa shape index (κ3) is 3.13. The van der Waals surface area contributed by atoms with Crippen LogP contribution < -0.4 is 0 Å². The van der Waals surface area contributed by atoms with Crippen LogP contribution in [0.2, 0.25) is 0 Å². The molecule has 0 aromatic heterocycles. The van der Waals surface area contributed by atoms with E-state index in [0.29, 0.717) is 0 Å². The van der Waals surface area contributed by atoms with Crippen molar-refractivity contribution in [2.24, 2.45) is 5.11 Å². The molecule has 0 N–H and O–H groups in total. The second-order valence-electron chi connectivity index (χ2n) is 3.07. The number of hydrogen-bond donors (Lipinski definition) is 0. The molecule has 11 nitrogen and oxygen atoms in total. The van der Waals surface area contributed by atoms with Gasteiger partial charge in [0.1, 0.15) is 12.2 Å². The highest BCUT2D eigenvalue weighted by Crippen LogP contribution is 2.28. The van der Waals surface area contributed by atoms with Crippen LogP contribution in [-0.4, -0.2) is 28.4 Å². The van der Waals surface area contributed by atoms with E-state index < -0.39 is 28.4 Å². The normalized spacial score (nSPS) is 27.9. The van der Waals surface area contributed by atoms with E-state index in [-0.39, 0.29) is 12.8 Å². The molecule has 0 heterocycles. The molecular weight excluding hydrogens is 226 g/mol. The summed E-state index contributed by atoms with van der Waals surface area (Å²) >= 11 is 0. The second-order valence-corrected chi connectivity index (χ2v) is 3.07. The summed E-state index contributed by atoms with van der Waals surface area (Å²) in [5.74, 6) is 0. The molecule has 2 atom stereocenters. The van der Waals surface area contributed by atoms with Gasteiger partial charge in [-0.1, -0.05) is 5.11 Å². The Hall–Kier alpha value is -2.29. The number of rotatable bonds is 5. The lowest BCUT2D eigenvalue weighted by atomic mass is 10.3. The highest BCUT2D eigenvalue weighted by molar-refractivity contribution is 4.88. The summed E-state index contributed by atoms with van der Waals surface area (Å²) < 4.78 is 0. The van der Waals surface area contributed by atoms with Gasteiger partial charge < -0.3 is 9.68 Å². The van der Waals surface area contributed by atoms with Gasteiger partial charge in [-0.05, 0) is 18.4 Å². The Kier molecular flexibility index (Phi) is 3.67. The van der Waals surface area contributed by atoms with Gasteiger partial charge in [-0.3, -0.25) is 0 Å². The van der Waals surface area contributed by atoms with Gasteiger partial charge in [-0.15, -0.1) is 20.2 Å². The predicted molar refractivity (Wildman–Crippen MR) is 45.9 cm³/mol. The molecule has 0 bridgehead atoms. The molecule has 16 heavy (non-hydrogen) atoms. The first kappa shape index (κ1) is 11.8. The molecule has 1 fully saturated rings. The quantitative estimate of drug-likeness (QED) is 0.223. The molecule has 11 heteroatoms. The molecule has 0 aliphatic heterocycles. The fourth-order valence-electron chi connectivity index (χ4n) is 1.55. The van der Waals surface area contributed by atoms with E-state index in [1.807, 2.05) is 0 Å². The lowest BCUT2D eigenvalue weighted by Gasteiger charge is -2.14. The number of hydrogen-bond acceptors (Lipinski definition) is 7. The highest BCUT2D eigenvalue weighted by Gasteiger charge is 2.39. The zero-order valence-electron chi connectivity index (χ0n) is 7.83. The molecule has 1 aliphatic rings. The summed E-state index contributed by atoms with van der Waals surface area (Å²) in [6, 6.07) is -0.597. The Balaban J connectivity index is 2.66. The van der Waals surface area contributed by atoms with Gasteiger partial charge in [-0.25, -0.2) is 0 Å². The van der Waals surface area contributed by atoms with Crippen LogP contribution in [0.3, 0.4) is 0 Å². The Labute approximate surface area is 87.8 Å². The van der Waals surface area contributed by atoms with Gasteiger partial charge in [0, 0.05) is 11.0 Å². The third-order valence-corrected chi connectivity index (χ3v) is 2.08. The average Bonchev–Trinajstić information content (AvgIpc) is 2.46. The van der Waals surface area contributed by atoms with Gasteiger partial charge in [0.15, 0.2) is 0 Å². The monoisotopic (exact) mass is 233 g/mol. The lowest BCUT2D eigenvalue weighted by Crippen LogP contribution is -2.30. The zero-order valence-corrected chi connectivity index (χ0v) is 7.83. The van der Waals surface area contributed by atoms with Crippen molar-refractivity contribution < 1.29 is 19.8 Å². The molecule has 0 aromatic carbocycles. The lowest BCUT2D eigenvalue weighted by molar-refractivity contribution is -0.797. The number of nitrogens with zero attached hydrogens (tertiary/aromatic N) is 5. The third-order valence-electron chi connectivity index (χ3n) is 2.08. The minimum atomic E-state index is -1.09. The van der Waals surface area contributed by atoms with E-state index in [2.05, 4.69) is 19.7 Å². The highest BCUT2D eigenvalue weighted by atomic mass is 17.0. The smallest absolute Gasteiger partial charge is 0.294 e. The Morgan fingerprint density at radius 1 is 1.19 bits per heavy atom. The minimum absolute atomic E-state index is 0.0174. The maximum Gasteiger partial charge on any atom is 0.294 e. The first-order chi connectivity index (χ1) is 7.52. The summed E-state index contributed by atoms with van der Waals surface area (Å²) in [6.07, 6.45) is -2.14. The Bertz CT molecular complexity index is 316. The standard InChI is InChI=1S/C5H7N5O6/c6-8-7-3-1-4(15-9(11)12)5(2-3)16-10(13)14/h3-5H,1-2H2. The summed E-state index contributed by atoms with van der Waals surface area (Å²) in [6.45, 7) is 0. The van der Waals surface area contributed by atoms with Crippen LogP contribution in [0.25, 0.3) is 10.4 Å². The van der Waals surface area contributed by atoms with Crippen molar-refractivity contribution in [1.29, 1.82) is 0 Å². The van der Waals surface area contributed by atoms with Crippen LogP contribution in [0, 0.1) is 20.2 Å². The van der Waals surface area contributed by atoms with Crippen molar-refractivity contribution in [3.05, 3.63) is 30.7 Å². The topological polar surface area (TPSA) is 154 Å². The summed E-state index contributed by atoms with van der Waals surface area (Å²) in [7, 11) is 0. The molecule has 0 saturated heterocycles. The maximum atomic E-state index is 10.1. The maximum absolute atomic E-state index is 10.1. The van der Waals surface area contributed by atoms with Crippen molar-refractivity contribution in [1.82, 2.24) is 0 Å². The fraction of sp³-hybridized carbons (Fsp3) is 1.00. The van der Waals surface area contributed by atoms with Gasteiger partial charge >= 0.3 is 0 Å². The van der Waals surface area contributed by atoms with E-state index in [9.17, 15) is 20.2 Å². The first-order valence-electron chi connectivity index (χ1n) is 4.19. The first-order valence-corrected chi connectivity index (χ1v) is 4.19. The van der Waals surface area contributed by atoms with E-state index in [1.54, 1.807) is 0 Å². The Morgan fingerprint density at radius 2 is 1.62 bits per heavy atom. The van der Waals surface area contributed by atoms with Gasteiger partial charge in [0.05, 0.1) is 0 Å². The summed E-state index contributed by atoms with van der Waals surface area (Å²) in [4.78, 5) is 31.2. The molecule has 1 rings (SSSR count). The molecule has 0 aromatic rings. The van der Waals surface area contributed by atoms with Crippen LogP contribution in [-0.2, 0) is 9.68 Å². The van der Waals surface area contributed by atoms with Crippen LogP contribution in [0.15, 0.2) is 5.11 Å². The molecule has 0 radical (unpaired) electrons. The molecule has 88 valence electrons. The van der Waals surface area contributed by atoms with E-state index >= 15 is 0 Å². The van der Waals surface area contributed by atoms with Crippen molar-refractivity contribution in [3.63, 3.8) is 0 Å². The van der Waals surface area contributed by atoms with Gasteiger partial charge in [-0.2, -0.15) is 0 Å². The molecular formula is C5H7N5O6. The largest absolute Gasteiger partial charge is 0.308 e. The van der Waals surface area contributed by atoms with Crippen LogP contribution in [0.1, 0.15) is 12.8 Å². The fourth-order valence-corrected chi connectivity index (χ4v) is 1.55. The second kappa shape index (κ2) is 4.98. The SMILES string of the molecule is [N-]=[N+]=NC1CC(O[N+](=O)[O-])C(O[N+](=O)[O-])C1. The van der Waals surface area contributed by atoms with Crippen LogP contribution >= 0.6 is 0 Å². The zero-order chi connectivity index (χ0) is 12.1. The van der Waals surface area contributed by atoms with Gasteiger partial charge in [0.25, 0.3) is 10.2 Å². The van der Waals surface area contributed by atoms with E-state index in [0.717, 1.165) is 0 Å². The van der Waals surface area contributed by atoms with Crippen LogP contribution in [0.5, 0.6) is 0 Å². The van der Waals surface area contributed by atoms with Gasteiger partial charge in [0.2, 0.25) is 0 Å². The molecule has 1 aliphatic carbocycles. The van der Waals surface area contributed by atoms with Crippen molar-refractivity contribution in [3.8, 4) is 0 Å². The molecule has 1 saturated carbocycles. The predicted octanol–water partition coefficient (Wildman–Crippen LogP) is 0.613. The Morgan fingerprint density at radius 3 is 1.94 bits per heavy atom. The molecule has 0 spiro atoms. The van der Waals surface area contributed by atoms with E-state index in [4.69, 9.17) is 5.53 Å². The average molecular weight is 233 g/mol. The molecule has 2 unspecified atom stereocenters. The van der Waals surface area contributed by atoms with Crippen molar-refractivity contribution >= 4 is 0 Å². The summed E-state index contributed by atoms with van der Waals surface area (Å²) in [5, 5.41) is 21.4. The summed E-state index contributed by atoms with van der Waals surface area (Å²) in [5.41, 5.74) is 8.17. The van der Waals surface area contributed by atoms with Crippen molar-refractivity contribution in [2.45, 2.75) is 31.1 Å². The van der Waals surface area contributed by atoms with E-state index in [1.165, 1.54) is 0 Å². The number of azide groups is 1. The molecule has 0 amide bonds.